The van der Waals surface area contributed by atoms with Crippen LogP contribution in [0.2, 0.25) is 0 Å². The van der Waals surface area contributed by atoms with Crippen LogP contribution in [0.1, 0.15) is 38.7 Å². The van der Waals surface area contributed by atoms with Crippen LogP contribution in [0, 0.1) is 5.92 Å². The molecule has 26 heavy (non-hydrogen) atoms. The SMILES string of the molecule is CCNC(=NCCS(=O)(=O)CC)N1CCC(c2ccccc2)C(C)C1.I. The zero-order valence-electron chi connectivity index (χ0n) is 16.0. The van der Waals surface area contributed by atoms with Gasteiger partial charge in [-0.3, -0.25) is 4.99 Å². The minimum atomic E-state index is -2.97. The molecule has 1 aliphatic heterocycles. The molecule has 1 aromatic carbocycles. The molecule has 7 heteroatoms. The second-order valence-corrected chi connectivity index (χ2v) is 9.17. The highest BCUT2D eigenvalue weighted by molar-refractivity contribution is 14.0. The average molecular weight is 493 g/mol. The Morgan fingerprint density at radius 2 is 1.96 bits per heavy atom. The van der Waals surface area contributed by atoms with E-state index in [0.29, 0.717) is 18.4 Å². The van der Waals surface area contributed by atoms with Gasteiger partial charge in [0.15, 0.2) is 15.8 Å². The molecule has 1 fully saturated rings. The number of aliphatic imine (C=N–C) groups is 1. The van der Waals surface area contributed by atoms with Gasteiger partial charge >= 0.3 is 0 Å². The average Bonchev–Trinajstić information content (AvgIpc) is 2.61. The molecule has 0 aliphatic carbocycles. The van der Waals surface area contributed by atoms with Gasteiger partial charge in [0, 0.05) is 25.4 Å². The fourth-order valence-electron chi connectivity index (χ4n) is 3.39. The smallest absolute Gasteiger partial charge is 0.193 e. The molecule has 0 aromatic heterocycles. The highest BCUT2D eigenvalue weighted by Gasteiger charge is 2.28. The number of nitrogens with zero attached hydrogens (tertiary/aromatic N) is 2. The summed E-state index contributed by atoms with van der Waals surface area (Å²) in [6.45, 7) is 8.99. The van der Waals surface area contributed by atoms with Gasteiger partial charge in [-0.1, -0.05) is 44.2 Å². The van der Waals surface area contributed by atoms with E-state index in [1.807, 2.05) is 6.92 Å². The van der Waals surface area contributed by atoms with E-state index in [0.717, 1.165) is 32.0 Å². The normalized spacial score (nSPS) is 21.2. The molecule has 0 spiro atoms. The van der Waals surface area contributed by atoms with Crippen LogP contribution in [-0.4, -0.2) is 57.0 Å². The van der Waals surface area contributed by atoms with Gasteiger partial charge in [-0.15, -0.1) is 24.0 Å². The minimum Gasteiger partial charge on any atom is -0.357 e. The zero-order chi connectivity index (χ0) is 18.3. The summed E-state index contributed by atoms with van der Waals surface area (Å²) in [6.07, 6.45) is 1.09. The second kappa shape index (κ2) is 11.1. The Morgan fingerprint density at radius 3 is 2.54 bits per heavy atom. The van der Waals surface area contributed by atoms with Crippen molar-refractivity contribution in [3.05, 3.63) is 35.9 Å². The first kappa shape index (κ1) is 23.2. The fraction of sp³-hybridized carbons (Fsp3) is 0.632. The van der Waals surface area contributed by atoms with Gasteiger partial charge < -0.3 is 10.2 Å². The van der Waals surface area contributed by atoms with Gasteiger partial charge in [0.05, 0.1) is 12.3 Å². The molecule has 0 amide bonds. The van der Waals surface area contributed by atoms with Crippen molar-refractivity contribution in [2.45, 2.75) is 33.1 Å². The Bertz CT molecular complexity index is 665. The topological polar surface area (TPSA) is 61.8 Å². The molecule has 2 rings (SSSR count). The van der Waals surface area contributed by atoms with Crippen LogP contribution >= 0.6 is 24.0 Å². The predicted octanol–water partition coefficient (Wildman–Crippen LogP) is 3.13. The summed E-state index contributed by atoms with van der Waals surface area (Å²) in [5.74, 6) is 2.24. The number of sulfone groups is 1. The highest BCUT2D eigenvalue weighted by atomic mass is 127. The number of likely N-dealkylation sites (tertiary alicyclic amines) is 1. The van der Waals surface area contributed by atoms with Crippen molar-refractivity contribution in [1.82, 2.24) is 10.2 Å². The molecule has 0 saturated carbocycles. The van der Waals surface area contributed by atoms with Crippen LogP contribution in [-0.2, 0) is 9.84 Å². The number of guanidine groups is 1. The molecule has 0 bridgehead atoms. The van der Waals surface area contributed by atoms with E-state index < -0.39 is 9.84 Å². The summed E-state index contributed by atoms with van der Waals surface area (Å²) in [5.41, 5.74) is 1.41. The standard InChI is InChI=1S/C19H31N3O2S.HI/c1-4-20-19(21-12-14-25(23,24)5-2)22-13-11-18(16(3)15-22)17-9-7-6-8-10-17;/h6-10,16,18H,4-5,11-15H2,1-3H3,(H,20,21);1H. The van der Waals surface area contributed by atoms with Crippen molar-refractivity contribution in [3.63, 3.8) is 0 Å². The molecule has 1 saturated heterocycles. The third kappa shape index (κ3) is 6.72. The van der Waals surface area contributed by atoms with Gasteiger partial charge in [0.1, 0.15) is 0 Å². The number of nitrogens with one attached hydrogen (secondary N) is 1. The van der Waals surface area contributed by atoms with Crippen molar-refractivity contribution < 1.29 is 8.42 Å². The third-order valence-electron chi connectivity index (χ3n) is 4.87. The molecular weight excluding hydrogens is 461 g/mol. The lowest BCUT2D eigenvalue weighted by atomic mass is 9.82. The largest absolute Gasteiger partial charge is 0.357 e. The van der Waals surface area contributed by atoms with Crippen molar-refractivity contribution in [2.24, 2.45) is 10.9 Å². The molecule has 148 valence electrons. The molecule has 1 N–H and O–H groups in total. The van der Waals surface area contributed by atoms with E-state index in [9.17, 15) is 8.42 Å². The molecule has 1 aromatic rings. The molecule has 2 atom stereocenters. The lowest BCUT2D eigenvalue weighted by Crippen LogP contribution is -2.48. The van der Waals surface area contributed by atoms with Crippen molar-refractivity contribution >= 4 is 39.8 Å². The molecule has 2 unspecified atom stereocenters. The van der Waals surface area contributed by atoms with Gasteiger partial charge in [-0.05, 0) is 30.7 Å². The lowest BCUT2D eigenvalue weighted by Gasteiger charge is -2.39. The van der Waals surface area contributed by atoms with E-state index in [1.165, 1.54) is 5.56 Å². The van der Waals surface area contributed by atoms with Gasteiger partial charge in [-0.25, -0.2) is 8.42 Å². The van der Waals surface area contributed by atoms with Gasteiger partial charge in [0.25, 0.3) is 0 Å². The van der Waals surface area contributed by atoms with Crippen LogP contribution in [0.5, 0.6) is 0 Å². The number of rotatable bonds is 6. The van der Waals surface area contributed by atoms with E-state index >= 15 is 0 Å². The molecule has 0 radical (unpaired) electrons. The first-order chi connectivity index (χ1) is 12.0. The number of hydrogen-bond donors (Lipinski definition) is 1. The Morgan fingerprint density at radius 1 is 1.27 bits per heavy atom. The first-order valence-electron chi connectivity index (χ1n) is 9.25. The van der Waals surface area contributed by atoms with Crippen LogP contribution in [0.3, 0.4) is 0 Å². The highest BCUT2D eigenvalue weighted by Crippen LogP contribution is 2.32. The number of halogens is 1. The monoisotopic (exact) mass is 493 g/mol. The van der Waals surface area contributed by atoms with E-state index in [-0.39, 0.29) is 35.5 Å². The maximum absolute atomic E-state index is 11.7. The van der Waals surface area contributed by atoms with Gasteiger partial charge in [0.2, 0.25) is 0 Å². The van der Waals surface area contributed by atoms with Crippen LogP contribution < -0.4 is 5.32 Å². The summed E-state index contributed by atoms with van der Waals surface area (Å²) in [5, 5.41) is 3.31. The zero-order valence-corrected chi connectivity index (χ0v) is 19.2. The second-order valence-electron chi connectivity index (χ2n) is 6.70. The van der Waals surface area contributed by atoms with Crippen LogP contribution in [0.15, 0.2) is 35.3 Å². The fourth-order valence-corrected chi connectivity index (χ4v) is 4.05. The van der Waals surface area contributed by atoms with Gasteiger partial charge in [-0.2, -0.15) is 0 Å². The number of piperidine rings is 1. The Balaban J connectivity index is 0.00000338. The summed E-state index contributed by atoms with van der Waals surface area (Å²) < 4.78 is 23.3. The van der Waals surface area contributed by atoms with Crippen molar-refractivity contribution in [3.8, 4) is 0 Å². The quantitative estimate of drug-likeness (QED) is 0.376. The molecule has 5 nitrogen and oxygen atoms in total. The summed E-state index contributed by atoms with van der Waals surface area (Å²) >= 11 is 0. The number of hydrogen-bond acceptors (Lipinski definition) is 3. The van der Waals surface area contributed by atoms with E-state index in [2.05, 4.69) is 52.5 Å². The maximum Gasteiger partial charge on any atom is 0.193 e. The van der Waals surface area contributed by atoms with Crippen LogP contribution in [0.25, 0.3) is 0 Å². The maximum atomic E-state index is 11.7. The summed E-state index contributed by atoms with van der Waals surface area (Å²) in [6, 6.07) is 10.7. The van der Waals surface area contributed by atoms with Crippen LogP contribution in [0.4, 0.5) is 0 Å². The molecule has 1 heterocycles. The number of benzene rings is 1. The van der Waals surface area contributed by atoms with Crippen molar-refractivity contribution in [1.29, 1.82) is 0 Å². The Labute approximate surface area is 175 Å². The van der Waals surface area contributed by atoms with Crippen molar-refractivity contribution in [2.75, 3.05) is 37.7 Å². The summed E-state index contributed by atoms with van der Waals surface area (Å²) in [4.78, 5) is 6.82. The molecule has 1 aliphatic rings. The molecular formula is C19H32IN3O2S. The Hall–Kier alpha value is -0.830. The predicted molar refractivity (Wildman–Crippen MR) is 120 cm³/mol. The Kier molecular flexibility index (Phi) is 9.92. The van der Waals surface area contributed by atoms with E-state index in [1.54, 1.807) is 6.92 Å². The summed E-state index contributed by atoms with van der Waals surface area (Å²) in [7, 11) is -2.97. The van der Waals surface area contributed by atoms with E-state index in [4.69, 9.17) is 0 Å². The third-order valence-corrected chi connectivity index (χ3v) is 6.56. The first-order valence-corrected chi connectivity index (χ1v) is 11.1. The lowest BCUT2D eigenvalue weighted by molar-refractivity contribution is 0.234. The minimum absolute atomic E-state index is 0.